The molecule has 36 heavy (non-hydrogen) atoms. The molecule has 6 nitrogen and oxygen atoms in total. The Hall–Kier alpha value is -1.38. The zero-order valence-electron chi connectivity index (χ0n) is 23.0. The Morgan fingerprint density at radius 2 is 1.31 bits per heavy atom. The van der Waals surface area contributed by atoms with Crippen molar-refractivity contribution in [2.45, 2.75) is 103 Å². The Balaban J connectivity index is 0.000000802. The van der Waals surface area contributed by atoms with E-state index < -0.39 is 11.9 Å². The van der Waals surface area contributed by atoms with Crippen molar-refractivity contribution in [2.24, 2.45) is 0 Å². The van der Waals surface area contributed by atoms with Crippen LogP contribution in [0.3, 0.4) is 0 Å². The highest BCUT2D eigenvalue weighted by molar-refractivity contribution is 7.99. The van der Waals surface area contributed by atoms with Crippen LogP contribution < -0.4 is 5.32 Å². The second kappa shape index (κ2) is 20.7. The van der Waals surface area contributed by atoms with Gasteiger partial charge in [0.25, 0.3) is 0 Å². The summed E-state index contributed by atoms with van der Waals surface area (Å²) in [6.45, 7) is 13.0. The molecule has 0 saturated heterocycles. The zero-order chi connectivity index (χ0) is 27.4. The molecule has 0 aromatic heterocycles. The first-order valence-electron chi connectivity index (χ1n) is 13.2. The summed E-state index contributed by atoms with van der Waals surface area (Å²) in [5.41, 5.74) is 2.15. The topological polar surface area (TPSA) is 107 Å². The lowest BCUT2D eigenvalue weighted by Gasteiger charge is -2.23. The van der Waals surface area contributed by atoms with Gasteiger partial charge in [-0.2, -0.15) is 0 Å². The number of benzene rings is 1. The second-order valence-electron chi connectivity index (χ2n) is 10.0. The fraction of sp³-hybridized carbons (Fsp3) is 0.714. The van der Waals surface area contributed by atoms with Gasteiger partial charge in [-0.3, -0.25) is 9.59 Å². The molecule has 0 bridgehead atoms. The third-order valence-electron chi connectivity index (χ3n) is 5.45. The minimum atomic E-state index is -0.890. The Morgan fingerprint density at radius 1 is 0.806 bits per heavy atom. The summed E-state index contributed by atoms with van der Waals surface area (Å²) in [7, 11) is 0. The number of aliphatic carboxylic acids is 2. The number of hydrogen-bond acceptors (Lipinski definition) is 6. The first kappa shape index (κ1) is 34.6. The van der Waals surface area contributed by atoms with E-state index in [1.54, 1.807) is 0 Å². The molecule has 0 heterocycles. The minimum Gasteiger partial charge on any atom is -0.507 e. The normalized spacial score (nSPS) is 11.1. The van der Waals surface area contributed by atoms with Crippen molar-refractivity contribution >= 4 is 35.5 Å². The molecule has 0 atom stereocenters. The summed E-state index contributed by atoms with van der Waals surface area (Å²) in [6.07, 6.45) is 11.0. The molecule has 1 aromatic carbocycles. The minimum absolute atomic E-state index is 0.0226. The molecule has 208 valence electrons. The third kappa shape index (κ3) is 18.0. The fourth-order valence-electron chi connectivity index (χ4n) is 3.51. The smallest absolute Gasteiger partial charge is 0.313 e. The summed E-state index contributed by atoms with van der Waals surface area (Å²) in [5, 5.41) is 31.4. The van der Waals surface area contributed by atoms with E-state index in [4.69, 9.17) is 10.2 Å². The molecule has 0 unspecified atom stereocenters. The maximum Gasteiger partial charge on any atom is 0.313 e. The van der Waals surface area contributed by atoms with Gasteiger partial charge < -0.3 is 20.6 Å². The van der Waals surface area contributed by atoms with Crippen LogP contribution in [0.2, 0.25) is 0 Å². The molecule has 0 saturated carbocycles. The maximum absolute atomic E-state index is 10.6. The summed E-state index contributed by atoms with van der Waals surface area (Å²) >= 11 is 2.52. The number of rotatable bonds is 18. The number of aromatic hydroxyl groups is 1. The standard InChI is InChI=1S/C16H22O5S2.C12H27N/c1-16(2,3)12-5-10(6-22-8-13(17)18)4-11(15(12)21)7-23-9-14(19)20;1-3-5-7-9-11-13-12-10-8-6-4-2/h4-5,21H,6-9H2,1-3H3,(H,17,18)(H,19,20);13H,3-12H2,1-2H3. The predicted molar refractivity (Wildman–Crippen MR) is 156 cm³/mol. The van der Waals surface area contributed by atoms with Gasteiger partial charge in [0.2, 0.25) is 0 Å². The molecular formula is C28H49NO5S2. The molecule has 4 N–H and O–H groups in total. The van der Waals surface area contributed by atoms with Gasteiger partial charge in [0.05, 0.1) is 11.5 Å². The van der Waals surface area contributed by atoms with Crippen LogP contribution in [0.4, 0.5) is 0 Å². The number of nitrogens with one attached hydrogen (secondary N) is 1. The number of unbranched alkanes of at least 4 members (excludes halogenated alkanes) is 6. The van der Waals surface area contributed by atoms with Crippen molar-refractivity contribution in [3.05, 3.63) is 28.8 Å². The van der Waals surface area contributed by atoms with E-state index in [2.05, 4.69) is 19.2 Å². The summed E-state index contributed by atoms with van der Waals surface area (Å²) in [6, 6.07) is 3.73. The Bertz CT molecular complexity index is 740. The monoisotopic (exact) mass is 543 g/mol. The second-order valence-corrected chi connectivity index (χ2v) is 12.0. The van der Waals surface area contributed by atoms with E-state index in [1.807, 2.05) is 32.9 Å². The fourth-order valence-corrected chi connectivity index (χ4v) is 4.90. The summed E-state index contributed by atoms with van der Waals surface area (Å²) in [4.78, 5) is 21.3. The van der Waals surface area contributed by atoms with Gasteiger partial charge >= 0.3 is 11.9 Å². The lowest BCUT2D eigenvalue weighted by Crippen LogP contribution is -2.16. The van der Waals surface area contributed by atoms with Crippen molar-refractivity contribution in [1.82, 2.24) is 5.32 Å². The van der Waals surface area contributed by atoms with Gasteiger partial charge in [-0.15, -0.1) is 23.5 Å². The van der Waals surface area contributed by atoms with Gasteiger partial charge in [-0.05, 0) is 42.5 Å². The van der Waals surface area contributed by atoms with Crippen molar-refractivity contribution in [2.75, 3.05) is 24.6 Å². The molecule has 0 aliphatic rings. The van der Waals surface area contributed by atoms with Gasteiger partial charge in [0, 0.05) is 17.1 Å². The van der Waals surface area contributed by atoms with E-state index in [0.717, 1.165) is 11.1 Å². The van der Waals surface area contributed by atoms with E-state index >= 15 is 0 Å². The maximum atomic E-state index is 10.6. The van der Waals surface area contributed by atoms with Gasteiger partial charge in [-0.1, -0.05) is 85.3 Å². The number of carbonyl (C=O) groups is 2. The Labute approximate surface area is 227 Å². The van der Waals surface area contributed by atoms with Gasteiger partial charge in [0.1, 0.15) is 5.75 Å². The summed E-state index contributed by atoms with van der Waals surface area (Å²) in [5.74, 6) is -0.620. The molecule has 0 fully saturated rings. The molecule has 1 rings (SSSR count). The van der Waals surface area contributed by atoms with Crippen LogP contribution in [-0.4, -0.2) is 51.9 Å². The molecule has 1 aromatic rings. The van der Waals surface area contributed by atoms with Crippen molar-refractivity contribution in [3.63, 3.8) is 0 Å². The van der Waals surface area contributed by atoms with Gasteiger partial charge in [0.15, 0.2) is 0 Å². The highest BCUT2D eigenvalue weighted by atomic mass is 32.2. The van der Waals surface area contributed by atoms with E-state index in [-0.39, 0.29) is 22.7 Å². The number of hydrogen-bond donors (Lipinski definition) is 4. The van der Waals surface area contributed by atoms with Crippen molar-refractivity contribution < 1.29 is 24.9 Å². The third-order valence-corrected chi connectivity index (χ3v) is 7.40. The molecule has 0 aliphatic carbocycles. The van der Waals surface area contributed by atoms with Crippen LogP contribution in [0.15, 0.2) is 12.1 Å². The van der Waals surface area contributed by atoms with Crippen molar-refractivity contribution in [3.8, 4) is 5.75 Å². The molecular weight excluding hydrogens is 494 g/mol. The first-order chi connectivity index (χ1) is 17.0. The highest BCUT2D eigenvalue weighted by Gasteiger charge is 2.21. The number of carboxylic acid groups (broad SMARTS) is 2. The lowest BCUT2D eigenvalue weighted by molar-refractivity contribution is -0.134. The van der Waals surface area contributed by atoms with Crippen LogP contribution in [0.1, 0.15) is 103 Å². The molecule has 0 amide bonds. The number of phenolic OH excluding ortho intramolecular Hbond substituents is 1. The Kier molecular flexibility index (Phi) is 19.9. The van der Waals surface area contributed by atoms with E-state index in [1.165, 1.54) is 88.0 Å². The molecule has 0 aliphatic heterocycles. The molecule has 8 heteroatoms. The average Bonchev–Trinajstić information content (AvgIpc) is 2.79. The number of phenols is 1. The van der Waals surface area contributed by atoms with E-state index in [0.29, 0.717) is 17.1 Å². The molecule has 0 spiro atoms. The van der Waals surface area contributed by atoms with Crippen LogP contribution in [-0.2, 0) is 26.5 Å². The van der Waals surface area contributed by atoms with Crippen molar-refractivity contribution in [1.29, 1.82) is 0 Å². The van der Waals surface area contributed by atoms with Crippen LogP contribution in [0.25, 0.3) is 0 Å². The first-order valence-corrected chi connectivity index (χ1v) is 15.5. The zero-order valence-corrected chi connectivity index (χ0v) is 24.7. The van der Waals surface area contributed by atoms with E-state index in [9.17, 15) is 14.7 Å². The SMILES string of the molecule is CC(C)(C)c1cc(CSCC(=O)O)cc(CSCC(=O)O)c1O.CCCCCCNCCCCCC. The van der Waals surface area contributed by atoms with Crippen LogP contribution in [0, 0.1) is 0 Å². The quantitative estimate of drug-likeness (QED) is 0.146. The predicted octanol–water partition coefficient (Wildman–Crippen LogP) is 7.06. The number of carboxylic acids is 2. The van der Waals surface area contributed by atoms with Crippen LogP contribution in [0.5, 0.6) is 5.75 Å². The largest absolute Gasteiger partial charge is 0.507 e. The highest BCUT2D eigenvalue weighted by Crippen LogP contribution is 2.36. The Morgan fingerprint density at radius 3 is 1.75 bits per heavy atom. The van der Waals surface area contributed by atoms with Gasteiger partial charge in [-0.25, -0.2) is 0 Å². The average molecular weight is 544 g/mol. The molecule has 0 radical (unpaired) electrons. The van der Waals surface area contributed by atoms with Crippen LogP contribution >= 0.6 is 23.5 Å². The lowest BCUT2D eigenvalue weighted by atomic mass is 9.84. The summed E-state index contributed by atoms with van der Waals surface area (Å²) < 4.78 is 0. The number of thioether (sulfide) groups is 2.